The molecule has 0 spiro atoms. The van der Waals surface area contributed by atoms with Crippen LogP contribution < -0.4 is 0 Å². The molecule has 102 valence electrons. The Morgan fingerprint density at radius 1 is 1.28 bits per heavy atom. The molecule has 6 nitrogen and oxygen atoms in total. The molecular formula is C12H18O6. The van der Waals surface area contributed by atoms with Crippen LogP contribution in [0.4, 0.5) is 0 Å². The maximum Gasteiger partial charge on any atom is 0.333 e. The van der Waals surface area contributed by atoms with E-state index in [-0.39, 0.29) is 31.4 Å². The summed E-state index contributed by atoms with van der Waals surface area (Å²) in [4.78, 5) is 32.5. The first kappa shape index (κ1) is 16.1. The molecule has 0 saturated carbocycles. The van der Waals surface area contributed by atoms with Crippen molar-refractivity contribution in [3.8, 4) is 0 Å². The van der Waals surface area contributed by atoms with Gasteiger partial charge in [-0.25, -0.2) is 4.79 Å². The summed E-state index contributed by atoms with van der Waals surface area (Å²) in [7, 11) is 0. The molecule has 0 radical (unpaired) electrons. The van der Waals surface area contributed by atoms with Gasteiger partial charge in [-0.3, -0.25) is 9.59 Å². The van der Waals surface area contributed by atoms with E-state index in [0.29, 0.717) is 0 Å². The molecule has 1 N–H and O–H groups in total. The molecule has 0 aromatic heterocycles. The molecule has 0 aromatic rings. The summed E-state index contributed by atoms with van der Waals surface area (Å²) in [6.45, 7) is 6.47. The molecule has 0 rings (SSSR count). The topological polar surface area (TPSA) is 89.9 Å². The zero-order chi connectivity index (χ0) is 14.1. The number of hydrogen-bond donors (Lipinski definition) is 1. The monoisotopic (exact) mass is 258 g/mol. The number of aliphatic carboxylic acids is 1. The minimum Gasteiger partial charge on any atom is -0.481 e. The fourth-order valence-electron chi connectivity index (χ4n) is 1.02. The van der Waals surface area contributed by atoms with Crippen LogP contribution in [0.5, 0.6) is 0 Å². The molecule has 18 heavy (non-hydrogen) atoms. The van der Waals surface area contributed by atoms with Crippen LogP contribution in [0.3, 0.4) is 0 Å². The summed E-state index contributed by atoms with van der Waals surface area (Å²) in [5, 5.41) is 8.39. The summed E-state index contributed by atoms with van der Waals surface area (Å²) in [6.07, 6.45) is -0.378. The Kier molecular flexibility index (Phi) is 7.42. The Bertz CT molecular complexity index is 333. The quantitative estimate of drug-likeness (QED) is 0.521. The normalized spacial score (nSPS) is 11.4. The van der Waals surface area contributed by atoms with Gasteiger partial charge in [0, 0.05) is 18.4 Å². The average molecular weight is 258 g/mol. The lowest BCUT2D eigenvalue weighted by Gasteiger charge is -2.13. The lowest BCUT2D eigenvalue weighted by Crippen LogP contribution is -2.22. The van der Waals surface area contributed by atoms with Crippen LogP contribution in [0.25, 0.3) is 0 Å². The highest BCUT2D eigenvalue weighted by Crippen LogP contribution is 2.02. The molecule has 6 heteroatoms. The smallest absolute Gasteiger partial charge is 0.333 e. The molecule has 0 aliphatic rings. The summed E-state index contributed by atoms with van der Waals surface area (Å²) < 4.78 is 9.72. The first-order chi connectivity index (χ1) is 8.32. The van der Waals surface area contributed by atoms with Gasteiger partial charge in [-0.1, -0.05) is 6.58 Å². The highest BCUT2D eigenvalue weighted by Gasteiger charge is 2.12. The minimum absolute atomic E-state index is 0.0328. The Labute approximate surface area is 106 Å². The van der Waals surface area contributed by atoms with E-state index in [1.54, 1.807) is 6.92 Å². The van der Waals surface area contributed by atoms with Gasteiger partial charge in [0.25, 0.3) is 0 Å². The summed E-state index contributed by atoms with van der Waals surface area (Å²) >= 11 is 0. The predicted molar refractivity (Wildman–Crippen MR) is 62.8 cm³/mol. The molecule has 1 atom stereocenters. The Balaban J connectivity index is 3.77. The summed E-state index contributed by atoms with van der Waals surface area (Å²) in [5.74, 6) is -2.00. The molecule has 0 aromatic carbocycles. The van der Waals surface area contributed by atoms with E-state index in [9.17, 15) is 14.4 Å². The number of ether oxygens (including phenoxy) is 2. The largest absolute Gasteiger partial charge is 0.481 e. The van der Waals surface area contributed by atoms with Gasteiger partial charge in [-0.05, 0) is 20.3 Å². The Morgan fingerprint density at radius 2 is 1.89 bits per heavy atom. The van der Waals surface area contributed by atoms with Gasteiger partial charge < -0.3 is 14.6 Å². The molecule has 0 saturated heterocycles. The number of esters is 2. The highest BCUT2D eigenvalue weighted by atomic mass is 16.6. The van der Waals surface area contributed by atoms with Crippen molar-refractivity contribution in [2.75, 3.05) is 6.61 Å². The fraction of sp³-hybridized carbons (Fsp3) is 0.583. The first-order valence-corrected chi connectivity index (χ1v) is 5.56. The molecule has 0 aliphatic carbocycles. The van der Waals surface area contributed by atoms with Crippen molar-refractivity contribution in [3.05, 3.63) is 12.2 Å². The van der Waals surface area contributed by atoms with Crippen molar-refractivity contribution in [2.24, 2.45) is 0 Å². The van der Waals surface area contributed by atoms with Crippen LogP contribution in [-0.4, -0.2) is 35.7 Å². The number of rotatable bonds is 8. The zero-order valence-electron chi connectivity index (χ0n) is 10.6. The van der Waals surface area contributed by atoms with Gasteiger partial charge in [0.2, 0.25) is 0 Å². The SMILES string of the molecule is C=C(C)C(=O)OCC(C)OC(=O)CCCC(=O)O. The first-order valence-electron chi connectivity index (χ1n) is 5.56. The summed E-state index contributed by atoms with van der Waals surface area (Å²) in [6, 6.07) is 0. The highest BCUT2D eigenvalue weighted by molar-refractivity contribution is 5.86. The van der Waals surface area contributed by atoms with Crippen LogP contribution in [0.1, 0.15) is 33.1 Å². The number of carbonyl (C=O) groups is 3. The van der Waals surface area contributed by atoms with Crippen molar-refractivity contribution >= 4 is 17.9 Å². The lowest BCUT2D eigenvalue weighted by atomic mass is 10.2. The lowest BCUT2D eigenvalue weighted by molar-refractivity contribution is -0.156. The second kappa shape index (κ2) is 8.27. The number of carbonyl (C=O) groups excluding carboxylic acids is 2. The van der Waals surface area contributed by atoms with Gasteiger partial charge in [-0.15, -0.1) is 0 Å². The molecule has 0 bridgehead atoms. The van der Waals surface area contributed by atoms with E-state index < -0.39 is 24.0 Å². The van der Waals surface area contributed by atoms with E-state index >= 15 is 0 Å². The van der Waals surface area contributed by atoms with E-state index in [2.05, 4.69) is 6.58 Å². The van der Waals surface area contributed by atoms with Crippen molar-refractivity contribution in [1.82, 2.24) is 0 Å². The third-order valence-corrected chi connectivity index (χ3v) is 1.90. The summed E-state index contributed by atoms with van der Waals surface area (Å²) in [5.41, 5.74) is 0.273. The molecule has 1 unspecified atom stereocenters. The maximum absolute atomic E-state index is 11.2. The third-order valence-electron chi connectivity index (χ3n) is 1.90. The van der Waals surface area contributed by atoms with Crippen LogP contribution in [0, 0.1) is 0 Å². The number of hydrogen-bond acceptors (Lipinski definition) is 5. The standard InChI is InChI=1S/C12H18O6/c1-8(2)12(16)17-7-9(3)18-11(15)6-4-5-10(13)14/h9H,1,4-7H2,2-3H3,(H,13,14). The predicted octanol–water partition coefficient (Wildman–Crippen LogP) is 1.29. The van der Waals surface area contributed by atoms with Crippen molar-refractivity contribution < 1.29 is 29.0 Å². The Morgan fingerprint density at radius 3 is 2.39 bits per heavy atom. The van der Waals surface area contributed by atoms with Crippen LogP contribution in [-0.2, 0) is 23.9 Å². The number of carboxylic acids is 1. The van der Waals surface area contributed by atoms with E-state index in [1.807, 2.05) is 0 Å². The van der Waals surface area contributed by atoms with Gasteiger partial charge >= 0.3 is 17.9 Å². The van der Waals surface area contributed by atoms with Gasteiger partial charge in [-0.2, -0.15) is 0 Å². The van der Waals surface area contributed by atoms with Crippen LogP contribution in [0.15, 0.2) is 12.2 Å². The minimum atomic E-state index is -0.953. The van der Waals surface area contributed by atoms with Crippen molar-refractivity contribution in [2.45, 2.75) is 39.2 Å². The molecule has 0 aliphatic heterocycles. The van der Waals surface area contributed by atoms with Gasteiger partial charge in [0.05, 0.1) is 0 Å². The molecule has 0 heterocycles. The van der Waals surface area contributed by atoms with Gasteiger partial charge in [0.15, 0.2) is 0 Å². The molecule has 0 fully saturated rings. The van der Waals surface area contributed by atoms with E-state index in [4.69, 9.17) is 14.6 Å². The van der Waals surface area contributed by atoms with Crippen LogP contribution in [0.2, 0.25) is 0 Å². The van der Waals surface area contributed by atoms with Crippen LogP contribution >= 0.6 is 0 Å². The van der Waals surface area contributed by atoms with Crippen molar-refractivity contribution in [3.63, 3.8) is 0 Å². The molecular weight excluding hydrogens is 240 g/mol. The van der Waals surface area contributed by atoms with Gasteiger partial charge in [0.1, 0.15) is 12.7 Å². The van der Waals surface area contributed by atoms with E-state index in [1.165, 1.54) is 6.92 Å². The fourth-order valence-corrected chi connectivity index (χ4v) is 1.02. The maximum atomic E-state index is 11.2. The van der Waals surface area contributed by atoms with E-state index in [0.717, 1.165) is 0 Å². The average Bonchev–Trinajstić information content (AvgIpc) is 2.24. The second-order valence-electron chi connectivity index (χ2n) is 3.93. The molecule has 0 amide bonds. The Hall–Kier alpha value is -1.85. The second-order valence-corrected chi connectivity index (χ2v) is 3.93. The number of carboxylic acid groups (broad SMARTS) is 1. The third kappa shape index (κ3) is 8.32. The zero-order valence-corrected chi connectivity index (χ0v) is 10.6. The van der Waals surface area contributed by atoms with Crippen molar-refractivity contribution in [1.29, 1.82) is 0 Å².